The summed E-state index contributed by atoms with van der Waals surface area (Å²) in [5, 5.41) is 6.31. The summed E-state index contributed by atoms with van der Waals surface area (Å²) < 4.78 is 23.7. The number of aliphatic imine (C=N–C) groups is 1. The first-order chi connectivity index (χ1) is 14.5. The van der Waals surface area contributed by atoms with E-state index >= 15 is 0 Å². The summed E-state index contributed by atoms with van der Waals surface area (Å²) in [6.07, 6.45) is 0.411. The normalized spacial score (nSPS) is 12.2. The molecule has 4 N–H and O–H groups in total. The molecule has 8 heteroatoms. The lowest BCUT2D eigenvalue weighted by Gasteiger charge is -2.17. The number of nitrogens with one attached hydrogen (secondary N) is 2. The number of benzene rings is 2. The number of primary amides is 1. The van der Waals surface area contributed by atoms with Crippen LogP contribution in [0.3, 0.4) is 0 Å². The Balaban J connectivity index is 2.05. The highest BCUT2D eigenvalue weighted by Gasteiger charge is 2.17. The van der Waals surface area contributed by atoms with E-state index in [1.807, 2.05) is 19.1 Å². The predicted molar refractivity (Wildman–Crippen MR) is 115 cm³/mol. The van der Waals surface area contributed by atoms with Crippen molar-refractivity contribution in [3.63, 3.8) is 0 Å². The molecule has 30 heavy (non-hydrogen) atoms. The number of nitrogens with two attached hydrogens (primary N) is 1. The van der Waals surface area contributed by atoms with Crippen LogP contribution in [0.5, 0.6) is 11.5 Å². The molecule has 1 amide bonds. The largest absolute Gasteiger partial charge is 0.497 e. The summed E-state index contributed by atoms with van der Waals surface area (Å²) in [6.45, 7) is 3.29. The number of carbonyl (C=O) groups is 1. The molecule has 0 aliphatic heterocycles. The lowest BCUT2D eigenvalue weighted by atomic mass is 9.98. The summed E-state index contributed by atoms with van der Waals surface area (Å²) in [7, 11) is 3.19. The number of rotatable bonds is 10. The Morgan fingerprint density at radius 2 is 1.87 bits per heavy atom. The highest BCUT2D eigenvalue weighted by atomic mass is 19.1. The third kappa shape index (κ3) is 6.95. The zero-order valence-electron chi connectivity index (χ0n) is 17.6. The zero-order chi connectivity index (χ0) is 21.9. The van der Waals surface area contributed by atoms with Gasteiger partial charge < -0.3 is 25.8 Å². The molecule has 1 atom stereocenters. The number of methoxy groups -OCH3 is 2. The van der Waals surface area contributed by atoms with Crippen LogP contribution < -0.4 is 25.8 Å². The Morgan fingerprint density at radius 1 is 1.13 bits per heavy atom. The molecule has 0 saturated carbocycles. The van der Waals surface area contributed by atoms with E-state index in [0.29, 0.717) is 43.5 Å². The maximum absolute atomic E-state index is 13.1. The van der Waals surface area contributed by atoms with E-state index in [-0.39, 0.29) is 5.82 Å². The summed E-state index contributed by atoms with van der Waals surface area (Å²) in [4.78, 5) is 16.5. The fourth-order valence-electron chi connectivity index (χ4n) is 2.89. The number of carbonyl (C=O) groups excluding carboxylic acids is 1. The molecular weight excluding hydrogens is 387 g/mol. The minimum absolute atomic E-state index is 0.304. The summed E-state index contributed by atoms with van der Waals surface area (Å²) >= 11 is 0. The summed E-state index contributed by atoms with van der Waals surface area (Å²) in [5.41, 5.74) is 7.30. The van der Waals surface area contributed by atoms with E-state index in [4.69, 9.17) is 15.2 Å². The Labute approximate surface area is 176 Å². The molecule has 0 aromatic heterocycles. The lowest BCUT2D eigenvalue weighted by molar-refractivity contribution is -0.121. The average Bonchev–Trinajstić information content (AvgIpc) is 2.75. The molecule has 0 aliphatic rings. The molecule has 0 saturated heterocycles. The van der Waals surface area contributed by atoms with E-state index in [0.717, 1.165) is 11.1 Å². The fourth-order valence-corrected chi connectivity index (χ4v) is 2.89. The van der Waals surface area contributed by atoms with Crippen LogP contribution in [0.15, 0.2) is 47.5 Å². The molecule has 2 rings (SSSR count). The van der Waals surface area contributed by atoms with Gasteiger partial charge in [-0.05, 0) is 43.2 Å². The average molecular weight is 416 g/mol. The first-order valence-corrected chi connectivity index (χ1v) is 9.73. The number of guanidine groups is 1. The van der Waals surface area contributed by atoms with Crippen molar-refractivity contribution in [1.82, 2.24) is 10.6 Å². The number of ether oxygens (including phenoxy) is 2. The van der Waals surface area contributed by atoms with Gasteiger partial charge in [0, 0.05) is 24.7 Å². The van der Waals surface area contributed by atoms with Crippen LogP contribution >= 0.6 is 0 Å². The van der Waals surface area contributed by atoms with E-state index in [1.165, 1.54) is 12.1 Å². The van der Waals surface area contributed by atoms with Gasteiger partial charge in [-0.1, -0.05) is 12.1 Å². The number of hydrogen-bond donors (Lipinski definition) is 3. The van der Waals surface area contributed by atoms with Gasteiger partial charge in [-0.2, -0.15) is 0 Å². The predicted octanol–water partition coefficient (Wildman–Crippen LogP) is 2.24. The third-order valence-corrected chi connectivity index (χ3v) is 4.56. The van der Waals surface area contributed by atoms with Crippen molar-refractivity contribution in [1.29, 1.82) is 0 Å². The van der Waals surface area contributed by atoms with E-state index < -0.39 is 11.8 Å². The molecule has 2 aromatic carbocycles. The first-order valence-electron chi connectivity index (χ1n) is 9.73. The van der Waals surface area contributed by atoms with Gasteiger partial charge in [0.2, 0.25) is 5.91 Å². The number of nitrogens with zero attached hydrogens (tertiary/aromatic N) is 1. The van der Waals surface area contributed by atoms with Gasteiger partial charge in [0.1, 0.15) is 17.3 Å². The van der Waals surface area contributed by atoms with E-state index in [1.54, 1.807) is 32.4 Å². The summed E-state index contributed by atoms with van der Waals surface area (Å²) in [5.74, 6) is 0.730. The van der Waals surface area contributed by atoms with Crippen LogP contribution in [0.25, 0.3) is 0 Å². The van der Waals surface area contributed by atoms with Crippen LogP contribution in [0.2, 0.25) is 0 Å². The highest BCUT2D eigenvalue weighted by Crippen LogP contribution is 2.25. The molecule has 0 aliphatic carbocycles. The van der Waals surface area contributed by atoms with Crippen LogP contribution in [-0.2, 0) is 17.8 Å². The molecule has 1 unspecified atom stereocenters. The number of hydrogen-bond acceptors (Lipinski definition) is 4. The Morgan fingerprint density at radius 3 is 2.47 bits per heavy atom. The van der Waals surface area contributed by atoms with Gasteiger partial charge >= 0.3 is 0 Å². The van der Waals surface area contributed by atoms with Gasteiger partial charge in [0.15, 0.2) is 5.96 Å². The van der Waals surface area contributed by atoms with Crippen molar-refractivity contribution in [2.75, 3.05) is 27.3 Å². The molecule has 162 valence electrons. The van der Waals surface area contributed by atoms with Crippen molar-refractivity contribution in [3.8, 4) is 11.5 Å². The van der Waals surface area contributed by atoms with Gasteiger partial charge in [-0.25, -0.2) is 9.38 Å². The van der Waals surface area contributed by atoms with E-state index in [9.17, 15) is 9.18 Å². The SMILES string of the molecule is CCNC(=NCc1ccc(OC)cc1OC)NCC(Cc1ccc(F)cc1)C(N)=O. The van der Waals surface area contributed by atoms with Crippen LogP contribution in [0.1, 0.15) is 18.1 Å². The van der Waals surface area contributed by atoms with Crippen LogP contribution in [0, 0.1) is 11.7 Å². The van der Waals surface area contributed by atoms with Crippen LogP contribution in [-0.4, -0.2) is 39.2 Å². The van der Waals surface area contributed by atoms with Crippen molar-refractivity contribution >= 4 is 11.9 Å². The molecule has 2 aromatic rings. The highest BCUT2D eigenvalue weighted by molar-refractivity contribution is 5.82. The topological polar surface area (TPSA) is 98.0 Å². The van der Waals surface area contributed by atoms with Crippen molar-refractivity contribution in [2.45, 2.75) is 19.9 Å². The Hall–Kier alpha value is -3.29. The maximum Gasteiger partial charge on any atom is 0.222 e. The van der Waals surface area contributed by atoms with Gasteiger partial charge in [0.25, 0.3) is 0 Å². The minimum atomic E-state index is -0.463. The Bertz CT molecular complexity index is 856. The minimum Gasteiger partial charge on any atom is -0.497 e. The first kappa shape index (κ1) is 23.0. The van der Waals surface area contributed by atoms with Crippen molar-refractivity contribution in [2.24, 2.45) is 16.6 Å². The van der Waals surface area contributed by atoms with E-state index in [2.05, 4.69) is 15.6 Å². The lowest BCUT2D eigenvalue weighted by Crippen LogP contribution is -2.43. The van der Waals surface area contributed by atoms with Crippen molar-refractivity contribution < 1.29 is 18.7 Å². The molecule has 0 heterocycles. The Kier molecular flexibility index (Phi) is 8.93. The monoisotopic (exact) mass is 416 g/mol. The molecule has 0 fully saturated rings. The van der Waals surface area contributed by atoms with Gasteiger partial charge in [0.05, 0.1) is 26.7 Å². The molecule has 0 bridgehead atoms. The van der Waals surface area contributed by atoms with Crippen LogP contribution in [0.4, 0.5) is 4.39 Å². The van der Waals surface area contributed by atoms with Crippen molar-refractivity contribution in [3.05, 3.63) is 59.4 Å². The second-order valence-electron chi connectivity index (χ2n) is 6.68. The molecule has 7 nitrogen and oxygen atoms in total. The second kappa shape index (κ2) is 11.6. The standard InChI is InChI=1S/C22H29FN4O3/c1-4-25-22(26-13-16-7-10-19(29-2)12-20(16)30-3)27-14-17(21(24)28)11-15-5-8-18(23)9-6-15/h5-10,12,17H,4,11,13-14H2,1-3H3,(H2,24,28)(H2,25,26,27). The molecular formula is C22H29FN4O3. The number of halogens is 1. The molecule has 0 radical (unpaired) electrons. The maximum atomic E-state index is 13.1. The molecule has 0 spiro atoms. The smallest absolute Gasteiger partial charge is 0.222 e. The summed E-state index contributed by atoms with van der Waals surface area (Å²) in [6, 6.07) is 11.6. The quantitative estimate of drug-likeness (QED) is 0.408. The van der Waals surface area contributed by atoms with Gasteiger partial charge in [-0.3, -0.25) is 4.79 Å². The zero-order valence-corrected chi connectivity index (χ0v) is 17.6. The van der Waals surface area contributed by atoms with Gasteiger partial charge in [-0.15, -0.1) is 0 Å². The third-order valence-electron chi connectivity index (χ3n) is 4.56. The second-order valence-corrected chi connectivity index (χ2v) is 6.68. The fraction of sp³-hybridized carbons (Fsp3) is 0.364. The number of amides is 1.